The standard InChI is InChI=1S/C18H11Cl2F3N2O2/c1-27-16-5-2-10(7-14(16)20)6-11(9-24)17(26)25-15-8-12(18(21,22)23)3-4-13(15)19/h2-8H,1H3,(H,25,26). The molecule has 0 aliphatic rings. The average molecular weight is 415 g/mol. The van der Waals surface area contributed by atoms with Crippen molar-refractivity contribution in [1.82, 2.24) is 0 Å². The van der Waals surface area contributed by atoms with Gasteiger partial charge in [-0.05, 0) is 42.0 Å². The molecule has 1 amide bonds. The summed E-state index contributed by atoms with van der Waals surface area (Å²) in [6, 6.07) is 8.77. The van der Waals surface area contributed by atoms with Gasteiger partial charge in [0.15, 0.2) is 0 Å². The Bertz CT molecular complexity index is 951. The molecule has 0 bridgehead atoms. The van der Waals surface area contributed by atoms with Crippen LogP contribution in [0.1, 0.15) is 11.1 Å². The van der Waals surface area contributed by atoms with E-state index < -0.39 is 17.6 Å². The van der Waals surface area contributed by atoms with Crippen LogP contribution in [0.5, 0.6) is 5.75 Å². The molecule has 4 nitrogen and oxygen atoms in total. The summed E-state index contributed by atoms with van der Waals surface area (Å²) in [7, 11) is 1.43. The molecule has 2 rings (SSSR count). The molecule has 0 aliphatic carbocycles. The number of carbonyl (C=O) groups is 1. The minimum atomic E-state index is -4.60. The summed E-state index contributed by atoms with van der Waals surface area (Å²) < 4.78 is 43.4. The van der Waals surface area contributed by atoms with E-state index >= 15 is 0 Å². The SMILES string of the molecule is COc1ccc(C=C(C#N)C(=O)Nc2cc(C(F)(F)F)ccc2Cl)cc1Cl. The van der Waals surface area contributed by atoms with Gasteiger partial charge < -0.3 is 10.1 Å². The molecule has 0 aliphatic heterocycles. The predicted octanol–water partition coefficient (Wildman–Crippen LogP) is 5.57. The Balaban J connectivity index is 2.31. The van der Waals surface area contributed by atoms with Gasteiger partial charge >= 0.3 is 6.18 Å². The molecule has 0 saturated carbocycles. The van der Waals surface area contributed by atoms with Gasteiger partial charge in [-0.2, -0.15) is 18.4 Å². The number of nitrogens with zero attached hydrogens (tertiary/aromatic N) is 1. The summed E-state index contributed by atoms with van der Waals surface area (Å²) in [5.74, 6) is -0.502. The Kier molecular flexibility index (Phi) is 6.37. The van der Waals surface area contributed by atoms with Crippen LogP contribution in [0.2, 0.25) is 10.0 Å². The highest BCUT2D eigenvalue weighted by Gasteiger charge is 2.31. The summed E-state index contributed by atoms with van der Waals surface area (Å²) in [6.07, 6.45) is -3.36. The van der Waals surface area contributed by atoms with Gasteiger partial charge in [-0.15, -0.1) is 0 Å². The third-order valence-corrected chi connectivity index (χ3v) is 4.02. The van der Waals surface area contributed by atoms with Crippen LogP contribution in [0.4, 0.5) is 18.9 Å². The van der Waals surface area contributed by atoms with Crippen molar-refractivity contribution in [2.24, 2.45) is 0 Å². The summed E-state index contributed by atoms with van der Waals surface area (Å²) >= 11 is 11.8. The minimum Gasteiger partial charge on any atom is -0.495 e. The molecule has 0 radical (unpaired) electrons. The van der Waals surface area contributed by atoms with Gasteiger partial charge in [0.2, 0.25) is 0 Å². The van der Waals surface area contributed by atoms with Crippen LogP contribution >= 0.6 is 23.2 Å². The molecule has 140 valence electrons. The molecule has 0 spiro atoms. The Morgan fingerprint density at radius 1 is 1.19 bits per heavy atom. The second-order valence-corrected chi connectivity index (χ2v) is 6.02. The fourth-order valence-electron chi connectivity index (χ4n) is 2.07. The second kappa shape index (κ2) is 8.33. The average Bonchev–Trinajstić information content (AvgIpc) is 2.60. The molecule has 0 aromatic heterocycles. The highest BCUT2D eigenvalue weighted by molar-refractivity contribution is 6.34. The Morgan fingerprint density at radius 2 is 1.89 bits per heavy atom. The van der Waals surface area contributed by atoms with E-state index in [4.69, 9.17) is 27.9 Å². The van der Waals surface area contributed by atoms with E-state index in [1.54, 1.807) is 18.2 Å². The largest absolute Gasteiger partial charge is 0.495 e. The molecule has 1 N–H and O–H groups in total. The lowest BCUT2D eigenvalue weighted by molar-refractivity contribution is -0.137. The molecule has 0 saturated heterocycles. The predicted molar refractivity (Wildman–Crippen MR) is 96.7 cm³/mol. The number of methoxy groups -OCH3 is 1. The first-order chi connectivity index (χ1) is 12.7. The number of halogens is 5. The fourth-order valence-corrected chi connectivity index (χ4v) is 2.51. The van der Waals surface area contributed by atoms with E-state index in [0.29, 0.717) is 17.4 Å². The number of ether oxygens (including phenoxy) is 1. The minimum absolute atomic E-state index is 0.0962. The highest BCUT2D eigenvalue weighted by atomic mass is 35.5. The van der Waals surface area contributed by atoms with E-state index in [-0.39, 0.29) is 21.3 Å². The number of amides is 1. The van der Waals surface area contributed by atoms with Gasteiger partial charge in [-0.3, -0.25) is 4.79 Å². The van der Waals surface area contributed by atoms with Gasteiger partial charge in [0, 0.05) is 0 Å². The van der Waals surface area contributed by atoms with Crippen LogP contribution in [0.25, 0.3) is 6.08 Å². The highest BCUT2D eigenvalue weighted by Crippen LogP contribution is 2.34. The van der Waals surface area contributed by atoms with Crippen LogP contribution in [-0.2, 0) is 11.0 Å². The van der Waals surface area contributed by atoms with Crippen LogP contribution in [0.15, 0.2) is 42.0 Å². The molecule has 0 unspecified atom stereocenters. The van der Waals surface area contributed by atoms with Crippen LogP contribution in [-0.4, -0.2) is 13.0 Å². The maximum absolute atomic E-state index is 12.8. The smallest absolute Gasteiger partial charge is 0.416 e. The van der Waals surface area contributed by atoms with Crippen molar-refractivity contribution < 1.29 is 22.7 Å². The Morgan fingerprint density at radius 3 is 2.44 bits per heavy atom. The summed E-state index contributed by atoms with van der Waals surface area (Å²) in [4.78, 5) is 12.3. The lowest BCUT2D eigenvalue weighted by Gasteiger charge is -2.11. The fraction of sp³-hybridized carbons (Fsp3) is 0.111. The molecule has 0 atom stereocenters. The van der Waals surface area contributed by atoms with Crippen LogP contribution < -0.4 is 10.1 Å². The maximum Gasteiger partial charge on any atom is 0.416 e. The normalized spacial score (nSPS) is 11.7. The first-order valence-corrected chi connectivity index (χ1v) is 8.04. The number of benzene rings is 2. The molecule has 0 fully saturated rings. The van der Waals surface area contributed by atoms with Crippen molar-refractivity contribution in [2.75, 3.05) is 12.4 Å². The second-order valence-electron chi connectivity index (χ2n) is 5.21. The Labute approximate surface area is 162 Å². The number of nitriles is 1. The summed E-state index contributed by atoms with van der Waals surface area (Å²) in [5, 5.41) is 11.6. The first-order valence-electron chi connectivity index (χ1n) is 7.29. The zero-order valence-electron chi connectivity index (χ0n) is 13.7. The van der Waals surface area contributed by atoms with Gasteiger partial charge in [0.05, 0.1) is 28.4 Å². The lowest BCUT2D eigenvalue weighted by atomic mass is 10.1. The molecular weight excluding hydrogens is 404 g/mol. The third-order valence-electron chi connectivity index (χ3n) is 3.39. The molecule has 9 heteroatoms. The molecule has 0 heterocycles. The maximum atomic E-state index is 12.8. The van der Waals surface area contributed by atoms with Crippen molar-refractivity contribution in [3.63, 3.8) is 0 Å². The third kappa shape index (κ3) is 5.16. The molecule has 27 heavy (non-hydrogen) atoms. The number of alkyl halides is 3. The van der Waals surface area contributed by atoms with Crippen LogP contribution in [0, 0.1) is 11.3 Å². The van der Waals surface area contributed by atoms with Crippen LogP contribution in [0.3, 0.4) is 0 Å². The van der Waals surface area contributed by atoms with E-state index in [1.165, 1.54) is 19.3 Å². The van der Waals surface area contributed by atoms with Crippen molar-refractivity contribution in [2.45, 2.75) is 6.18 Å². The number of hydrogen-bond acceptors (Lipinski definition) is 3. The van der Waals surface area contributed by atoms with Gasteiger partial charge in [-0.25, -0.2) is 0 Å². The van der Waals surface area contributed by atoms with Gasteiger partial charge in [0.25, 0.3) is 5.91 Å². The van der Waals surface area contributed by atoms with Gasteiger partial charge in [0.1, 0.15) is 17.4 Å². The van der Waals surface area contributed by atoms with E-state index in [2.05, 4.69) is 5.32 Å². The number of rotatable bonds is 4. The number of hydrogen-bond donors (Lipinski definition) is 1. The first kappa shape index (κ1) is 20.6. The molecule has 2 aromatic carbocycles. The topological polar surface area (TPSA) is 62.1 Å². The van der Waals surface area contributed by atoms with Crippen molar-refractivity contribution in [3.05, 3.63) is 63.1 Å². The summed E-state index contributed by atoms with van der Waals surface area (Å²) in [5.41, 5.74) is -1.15. The molecule has 2 aromatic rings. The monoisotopic (exact) mass is 414 g/mol. The summed E-state index contributed by atoms with van der Waals surface area (Å²) in [6.45, 7) is 0. The number of anilines is 1. The zero-order chi connectivity index (χ0) is 20.2. The van der Waals surface area contributed by atoms with E-state index in [0.717, 1.165) is 12.1 Å². The van der Waals surface area contributed by atoms with Gasteiger partial charge in [-0.1, -0.05) is 29.3 Å². The molecular formula is C18H11Cl2F3N2O2. The van der Waals surface area contributed by atoms with Crippen molar-refractivity contribution in [3.8, 4) is 11.8 Å². The number of carbonyl (C=O) groups excluding carboxylic acids is 1. The number of nitrogens with one attached hydrogen (secondary N) is 1. The van der Waals surface area contributed by atoms with Crippen molar-refractivity contribution >= 4 is 40.9 Å². The van der Waals surface area contributed by atoms with E-state index in [9.17, 15) is 23.2 Å². The van der Waals surface area contributed by atoms with E-state index in [1.807, 2.05) is 0 Å². The van der Waals surface area contributed by atoms with Crippen molar-refractivity contribution in [1.29, 1.82) is 5.26 Å². The zero-order valence-corrected chi connectivity index (χ0v) is 15.2. The quantitative estimate of drug-likeness (QED) is 0.525. The lowest BCUT2D eigenvalue weighted by Crippen LogP contribution is -2.15. The Hall–Kier alpha value is -2.69.